The monoisotopic (exact) mass is 317 g/mol. The van der Waals surface area contributed by atoms with Gasteiger partial charge in [0.05, 0.1) is 6.54 Å². The van der Waals surface area contributed by atoms with Crippen LogP contribution < -0.4 is 10.0 Å². The average Bonchev–Trinajstić information content (AvgIpc) is 2.99. The second kappa shape index (κ2) is 7.78. The summed E-state index contributed by atoms with van der Waals surface area (Å²) in [6.45, 7) is 5.12. The first-order chi connectivity index (χ1) is 10.1. The van der Waals surface area contributed by atoms with Crippen molar-refractivity contribution < 1.29 is 8.42 Å². The normalized spacial score (nSPS) is 20.7. The van der Waals surface area contributed by atoms with Gasteiger partial charge in [-0.05, 0) is 38.3 Å². The lowest BCUT2D eigenvalue weighted by molar-refractivity contribution is 0.258. The minimum absolute atomic E-state index is 0.0497. The molecule has 2 heterocycles. The molecule has 0 saturated carbocycles. The highest BCUT2D eigenvalue weighted by Gasteiger charge is 2.28. The summed E-state index contributed by atoms with van der Waals surface area (Å²) < 4.78 is 28.5. The zero-order valence-electron chi connectivity index (χ0n) is 12.2. The van der Waals surface area contributed by atoms with E-state index >= 15 is 0 Å². The maximum Gasteiger partial charge on any atom is 0.279 e. The van der Waals surface area contributed by atoms with Crippen molar-refractivity contribution in [2.24, 2.45) is 5.92 Å². The predicted molar refractivity (Wildman–Crippen MR) is 77.4 cm³/mol. The molecule has 1 fully saturated rings. The van der Waals surface area contributed by atoms with Crippen molar-refractivity contribution in [3.8, 4) is 0 Å². The fourth-order valence-electron chi connectivity index (χ4n) is 2.40. The Bertz CT molecular complexity index is 505. The van der Waals surface area contributed by atoms with Gasteiger partial charge in [-0.3, -0.25) is 0 Å². The van der Waals surface area contributed by atoms with Gasteiger partial charge in [0.2, 0.25) is 0 Å². The van der Waals surface area contributed by atoms with E-state index in [-0.39, 0.29) is 6.54 Å². The number of piperidine rings is 1. The lowest BCUT2D eigenvalue weighted by Gasteiger charge is -2.31. The molecule has 1 aliphatic heterocycles. The first-order valence-corrected chi connectivity index (χ1v) is 8.73. The van der Waals surface area contributed by atoms with E-state index in [0.29, 0.717) is 24.8 Å². The smallest absolute Gasteiger partial charge is 0.279 e. The zero-order valence-corrected chi connectivity index (χ0v) is 13.1. The van der Waals surface area contributed by atoms with Crippen LogP contribution in [0, 0.1) is 5.92 Å². The maximum atomic E-state index is 12.3. The van der Waals surface area contributed by atoms with Crippen LogP contribution in [0.25, 0.3) is 0 Å². The van der Waals surface area contributed by atoms with Crippen LogP contribution in [-0.2, 0) is 16.8 Å². The van der Waals surface area contributed by atoms with Crippen LogP contribution in [0.1, 0.15) is 32.0 Å². The largest absolute Gasteiger partial charge is 0.316 e. The molecule has 0 spiro atoms. The molecule has 3 N–H and O–H groups in total. The molecule has 120 valence electrons. The van der Waals surface area contributed by atoms with Gasteiger partial charge in [-0.15, -0.1) is 10.2 Å². The summed E-state index contributed by atoms with van der Waals surface area (Å²) >= 11 is 0. The van der Waals surface area contributed by atoms with Crippen LogP contribution in [-0.4, -0.2) is 59.5 Å². The summed E-state index contributed by atoms with van der Waals surface area (Å²) in [4.78, 5) is 0. The fourth-order valence-corrected chi connectivity index (χ4v) is 3.67. The van der Waals surface area contributed by atoms with Gasteiger partial charge in [0.15, 0.2) is 5.82 Å². The van der Waals surface area contributed by atoms with Crippen LogP contribution in [0.3, 0.4) is 0 Å². The lowest BCUT2D eigenvalue weighted by Crippen LogP contribution is -2.47. The lowest BCUT2D eigenvalue weighted by atomic mass is 10.00. The first kappa shape index (κ1) is 16.3. The summed E-state index contributed by atoms with van der Waals surface area (Å²) in [5.41, 5.74) is 0. The predicted octanol–water partition coefficient (Wildman–Crippen LogP) is -0.754. The Morgan fingerprint density at radius 1 is 1.48 bits per heavy atom. The Morgan fingerprint density at radius 2 is 2.33 bits per heavy atom. The van der Waals surface area contributed by atoms with Crippen molar-refractivity contribution in [2.75, 3.05) is 26.2 Å². The van der Waals surface area contributed by atoms with Crippen molar-refractivity contribution in [3.05, 3.63) is 5.82 Å². The van der Waals surface area contributed by atoms with E-state index in [1.165, 1.54) is 4.31 Å². The third kappa shape index (κ3) is 4.99. The second-order valence-electron chi connectivity index (χ2n) is 5.22. The molecule has 0 aromatic carbocycles. The summed E-state index contributed by atoms with van der Waals surface area (Å²) in [5, 5.41) is 16.5. The molecule has 0 bridgehead atoms. The third-order valence-corrected chi connectivity index (χ3v) is 5.00. The second-order valence-corrected chi connectivity index (χ2v) is 6.98. The molecule has 2 rings (SSSR count). The molecule has 1 aromatic rings. The average molecular weight is 317 g/mol. The summed E-state index contributed by atoms with van der Waals surface area (Å²) in [5.74, 6) is 0.698. The van der Waals surface area contributed by atoms with E-state index in [1.807, 2.05) is 0 Å². The van der Waals surface area contributed by atoms with Gasteiger partial charge in [0.25, 0.3) is 10.2 Å². The summed E-state index contributed by atoms with van der Waals surface area (Å²) in [7, 11) is -3.49. The Hall–Kier alpha value is -1.10. The van der Waals surface area contributed by atoms with Gasteiger partial charge in [-0.1, -0.05) is 12.1 Å². The quantitative estimate of drug-likeness (QED) is 0.543. The molecule has 0 aliphatic carbocycles. The minimum Gasteiger partial charge on any atom is -0.316 e. The molecule has 1 aliphatic rings. The molecule has 0 amide bonds. The van der Waals surface area contributed by atoms with Crippen LogP contribution in [0.5, 0.6) is 0 Å². The molecule has 10 heteroatoms. The van der Waals surface area contributed by atoms with Crippen LogP contribution in [0.2, 0.25) is 0 Å². The van der Waals surface area contributed by atoms with Crippen molar-refractivity contribution in [1.29, 1.82) is 0 Å². The number of hydrogen-bond donors (Lipinski definition) is 3. The fraction of sp³-hybridized carbons (Fsp3) is 0.909. The van der Waals surface area contributed by atoms with E-state index in [0.717, 1.165) is 32.4 Å². The maximum absolute atomic E-state index is 12.3. The molecule has 9 nitrogen and oxygen atoms in total. The number of aromatic nitrogens is 4. The van der Waals surface area contributed by atoms with Crippen LogP contribution in [0.4, 0.5) is 0 Å². The number of hydrogen-bond acceptors (Lipinski definition) is 6. The Labute approximate surface area is 125 Å². The first-order valence-electron chi connectivity index (χ1n) is 7.29. The summed E-state index contributed by atoms with van der Waals surface area (Å²) in [6, 6.07) is 0. The topological polar surface area (TPSA) is 116 Å². The number of H-pyrrole nitrogens is 1. The van der Waals surface area contributed by atoms with Gasteiger partial charge >= 0.3 is 0 Å². The standard InChI is InChI=1S/C11H23N7O2S/c1-2-5-12-7-10-4-3-6-18(9-10)21(19,20)13-8-11-14-16-17-15-11/h10,12-13H,2-9H2,1H3,(H,14,15,16,17). The molecule has 0 radical (unpaired) electrons. The Balaban J connectivity index is 1.83. The van der Waals surface area contributed by atoms with Gasteiger partial charge in [0, 0.05) is 13.1 Å². The molecular weight excluding hydrogens is 294 g/mol. The van der Waals surface area contributed by atoms with Gasteiger partial charge in [0.1, 0.15) is 0 Å². The number of nitrogens with one attached hydrogen (secondary N) is 3. The van der Waals surface area contributed by atoms with Crippen molar-refractivity contribution in [3.63, 3.8) is 0 Å². The summed E-state index contributed by atoms with van der Waals surface area (Å²) in [6.07, 6.45) is 3.04. The highest BCUT2D eigenvalue weighted by molar-refractivity contribution is 7.87. The van der Waals surface area contributed by atoms with E-state index in [1.54, 1.807) is 0 Å². The number of rotatable bonds is 8. The molecule has 1 atom stereocenters. The molecule has 1 saturated heterocycles. The highest BCUT2D eigenvalue weighted by atomic mass is 32.2. The van der Waals surface area contributed by atoms with E-state index in [2.05, 4.69) is 37.6 Å². The van der Waals surface area contributed by atoms with Crippen LogP contribution in [0.15, 0.2) is 0 Å². The number of tetrazole rings is 1. The van der Waals surface area contributed by atoms with Crippen molar-refractivity contribution in [1.82, 2.24) is 35.0 Å². The SMILES string of the molecule is CCCNCC1CCCN(S(=O)(=O)NCc2nn[nH]n2)C1. The van der Waals surface area contributed by atoms with Crippen molar-refractivity contribution >= 4 is 10.2 Å². The van der Waals surface area contributed by atoms with Crippen LogP contribution >= 0.6 is 0 Å². The van der Waals surface area contributed by atoms with Crippen molar-refractivity contribution in [2.45, 2.75) is 32.7 Å². The molecular formula is C11H23N7O2S. The third-order valence-electron chi connectivity index (χ3n) is 3.48. The minimum atomic E-state index is -3.49. The molecule has 21 heavy (non-hydrogen) atoms. The number of aromatic amines is 1. The van der Waals surface area contributed by atoms with Gasteiger partial charge in [-0.2, -0.15) is 22.7 Å². The molecule has 1 aromatic heterocycles. The van der Waals surface area contributed by atoms with E-state index in [4.69, 9.17) is 0 Å². The Kier molecular flexibility index (Phi) is 6.03. The van der Waals surface area contributed by atoms with E-state index in [9.17, 15) is 8.42 Å². The molecule has 1 unspecified atom stereocenters. The van der Waals surface area contributed by atoms with Gasteiger partial charge in [-0.25, -0.2) is 0 Å². The Morgan fingerprint density at radius 3 is 3.05 bits per heavy atom. The zero-order chi connectivity index (χ0) is 15.1. The highest BCUT2D eigenvalue weighted by Crippen LogP contribution is 2.18. The van der Waals surface area contributed by atoms with E-state index < -0.39 is 10.2 Å². The van der Waals surface area contributed by atoms with Gasteiger partial charge < -0.3 is 5.32 Å². The number of nitrogens with zero attached hydrogens (tertiary/aromatic N) is 4.